The maximum atomic E-state index is 13.6. The maximum Gasteiger partial charge on any atom is 0.273 e. The van der Waals surface area contributed by atoms with Crippen molar-refractivity contribution in [3.05, 3.63) is 74.5 Å². The summed E-state index contributed by atoms with van der Waals surface area (Å²) in [5.74, 6) is -0.258. The van der Waals surface area contributed by atoms with Crippen molar-refractivity contribution in [2.45, 2.75) is 52.4 Å². The molecule has 2 aliphatic heterocycles. The summed E-state index contributed by atoms with van der Waals surface area (Å²) >= 11 is 12.2. The van der Waals surface area contributed by atoms with E-state index in [1.807, 2.05) is 20.8 Å². The molecule has 0 bridgehead atoms. The number of halogens is 2. The van der Waals surface area contributed by atoms with Crippen LogP contribution in [-0.4, -0.2) is 53.9 Å². The molecule has 4 heterocycles. The first-order valence-corrected chi connectivity index (χ1v) is 11.9. The van der Waals surface area contributed by atoms with Crippen molar-refractivity contribution in [1.82, 2.24) is 29.5 Å². The molecule has 5 rings (SSSR count). The zero-order valence-electron chi connectivity index (χ0n) is 19.1. The molecule has 0 radical (unpaired) electrons. The van der Waals surface area contributed by atoms with Crippen molar-refractivity contribution in [3.8, 4) is 0 Å². The number of hydrogen-bond acceptors (Lipinski definition) is 5. The highest BCUT2D eigenvalue weighted by Crippen LogP contribution is 2.32. The van der Waals surface area contributed by atoms with Crippen LogP contribution in [0.5, 0.6) is 0 Å². The van der Waals surface area contributed by atoms with Crippen molar-refractivity contribution in [2.75, 3.05) is 6.54 Å². The average molecular weight is 499 g/mol. The summed E-state index contributed by atoms with van der Waals surface area (Å²) in [4.78, 5) is 39.3. The van der Waals surface area contributed by atoms with Crippen LogP contribution < -0.4 is 0 Å². The standard InChI is InChI=1S/C24H24Cl2N6O2/c1-13-10-28-21(11-27-13)15(3)30-6-7-32-22(24(30)34)17-12-31(14(2)8-20(17)29-32)23(33)16-4-5-18(25)19(26)9-16/h4-5,9-11,14-15H,6-8,12H2,1-3H3/t14-,15?/m1/s1. The monoisotopic (exact) mass is 498 g/mol. The molecule has 1 aromatic carbocycles. The highest BCUT2D eigenvalue weighted by Gasteiger charge is 2.38. The minimum absolute atomic E-state index is 0.0700. The first-order valence-electron chi connectivity index (χ1n) is 11.2. The maximum absolute atomic E-state index is 13.6. The number of nitrogens with zero attached hydrogens (tertiary/aromatic N) is 6. The Morgan fingerprint density at radius 2 is 1.94 bits per heavy atom. The summed E-state index contributed by atoms with van der Waals surface area (Å²) in [5.41, 5.74) is 4.26. The lowest BCUT2D eigenvalue weighted by Gasteiger charge is -2.35. The normalized spacial score (nSPS) is 18.5. The third kappa shape index (κ3) is 3.84. The zero-order valence-corrected chi connectivity index (χ0v) is 20.6. The Morgan fingerprint density at radius 1 is 1.15 bits per heavy atom. The molecule has 0 spiro atoms. The number of carbonyl (C=O) groups is 2. The van der Waals surface area contributed by atoms with Crippen molar-refractivity contribution in [1.29, 1.82) is 0 Å². The van der Waals surface area contributed by atoms with Crippen LogP contribution >= 0.6 is 23.2 Å². The van der Waals surface area contributed by atoms with Crippen LogP contribution in [0.15, 0.2) is 30.6 Å². The van der Waals surface area contributed by atoms with Crippen LogP contribution in [0.3, 0.4) is 0 Å². The SMILES string of the molecule is Cc1cnc(C(C)N2CCn3nc4c(c3C2=O)CN(C(=O)c2ccc(Cl)c(Cl)c2)[C@H](C)C4)cn1. The molecule has 0 N–H and O–H groups in total. The number of fused-ring (bicyclic) bond motifs is 3. The van der Waals surface area contributed by atoms with Gasteiger partial charge in [0.15, 0.2) is 0 Å². The Morgan fingerprint density at radius 3 is 2.65 bits per heavy atom. The Kier molecular flexibility index (Phi) is 5.81. The van der Waals surface area contributed by atoms with Crippen LogP contribution in [-0.2, 0) is 19.5 Å². The van der Waals surface area contributed by atoms with E-state index < -0.39 is 0 Å². The van der Waals surface area contributed by atoms with Gasteiger partial charge in [-0.2, -0.15) is 5.10 Å². The third-order valence-electron chi connectivity index (χ3n) is 6.62. The Labute approximate surface area is 207 Å². The second-order valence-electron chi connectivity index (χ2n) is 8.87. The molecule has 2 aliphatic rings. The lowest BCUT2D eigenvalue weighted by Crippen LogP contribution is -2.45. The van der Waals surface area contributed by atoms with Gasteiger partial charge < -0.3 is 9.80 Å². The Bertz CT molecular complexity index is 1290. The van der Waals surface area contributed by atoms with Gasteiger partial charge in [0.1, 0.15) is 5.69 Å². The molecule has 34 heavy (non-hydrogen) atoms. The predicted octanol–water partition coefficient (Wildman–Crippen LogP) is 4.09. The number of amides is 2. The van der Waals surface area contributed by atoms with E-state index in [2.05, 4.69) is 9.97 Å². The molecule has 2 aromatic heterocycles. The molecule has 2 atom stereocenters. The van der Waals surface area contributed by atoms with Gasteiger partial charge in [0.2, 0.25) is 0 Å². The number of aryl methyl sites for hydroxylation is 1. The molecule has 0 aliphatic carbocycles. The van der Waals surface area contributed by atoms with Gasteiger partial charge >= 0.3 is 0 Å². The molecule has 176 valence electrons. The highest BCUT2D eigenvalue weighted by molar-refractivity contribution is 6.42. The van der Waals surface area contributed by atoms with Crippen LogP contribution in [0.1, 0.15) is 63.4 Å². The molecule has 0 saturated heterocycles. The van der Waals surface area contributed by atoms with Gasteiger partial charge in [0.25, 0.3) is 11.8 Å². The molecular weight excluding hydrogens is 475 g/mol. The predicted molar refractivity (Wildman–Crippen MR) is 128 cm³/mol. The topological polar surface area (TPSA) is 84.2 Å². The van der Waals surface area contributed by atoms with Gasteiger partial charge in [-0.1, -0.05) is 23.2 Å². The van der Waals surface area contributed by atoms with Crippen LogP contribution in [0.25, 0.3) is 0 Å². The molecule has 10 heteroatoms. The van der Waals surface area contributed by atoms with Gasteiger partial charge in [0, 0.05) is 36.3 Å². The number of rotatable bonds is 3. The number of carbonyl (C=O) groups excluding carboxylic acids is 2. The quantitative estimate of drug-likeness (QED) is 0.542. The highest BCUT2D eigenvalue weighted by atomic mass is 35.5. The molecule has 0 saturated carbocycles. The van der Waals surface area contributed by atoms with Gasteiger partial charge in [-0.25, -0.2) is 0 Å². The smallest absolute Gasteiger partial charge is 0.273 e. The fourth-order valence-corrected chi connectivity index (χ4v) is 4.95. The summed E-state index contributed by atoms with van der Waals surface area (Å²) in [7, 11) is 0. The largest absolute Gasteiger partial charge is 0.331 e. The van der Waals surface area contributed by atoms with Crippen LogP contribution in [0.4, 0.5) is 0 Å². The van der Waals surface area contributed by atoms with E-state index in [0.717, 1.165) is 22.6 Å². The fraction of sp³-hybridized carbons (Fsp3) is 0.375. The molecule has 8 nitrogen and oxygen atoms in total. The molecule has 2 amide bonds. The van der Waals surface area contributed by atoms with Crippen molar-refractivity contribution in [3.63, 3.8) is 0 Å². The minimum atomic E-state index is -0.226. The van der Waals surface area contributed by atoms with E-state index in [1.165, 1.54) is 0 Å². The van der Waals surface area contributed by atoms with Gasteiger partial charge in [-0.3, -0.25) is 24.2 Å². The van der Waals surface area contributed by atoms with Crippen molar-refractivity contribution in [2.24, 2.45) is 0 Å². The van der Waals surface area contributed by atoms with Gasteiger partial charge in [0.05, 0.1) is 52.5 Å². The first kappa shape index (κ1) is 22.8. The molecule has 3 aromatic rings. The van der Waals surface area contributed by atoms with Crippen molar-refractivity contribution >= 4 is 35.0 Å². The number of aromatic nitrogens is 4. The summed E-state index contributed by atoms with van der Waals surface area (Å²) in [6.07, 6.45) is 4.00. The second-order valence-corrected chi connectivity index (χ2v) is 9.68. The van der Waals surface area contributed by atoms with E-state index in [9.17, 15) is 9.59 Å². The van der Waals surface area contributed by atoms with Crippen LogP contribution in [0.2, 0.25) is 10.0 Å². The lowest BCUT2D eigenvalue weighted by molar-refractivity contribution is 0.0601. The molecule has 0 fully saturated rings. The Balaban J connectivity index is 1.44. The number of hydrogen-bond donors (Lipinski definition) is 0. The van der Waals surface area contributed by atoms with Crippen molar-refractivity contribution < 1.29 is 9.59 Å². The van der Waals surface area contributed by atoms with E-state index in [4.69, 9.17) is 28.3 Å². The van der Waals surface area contributed by atoms with E-state index in [0.29, 0.717) is 47.4 Å². The summed E-state index contributed by atoms with van der Waals surface area (Å²) in [5, 5.41) is 5.46. The average Bonchev–Trinajstić information content (AvgIpc) is 3.18. The lowest BCUT2D eigenvalue weighted by atomic mass is 9.97. The molecular formula is C24H24Cl2N6O2. The summed E-state index contributed by atoms with van der Waals surface area (Å²) < 4.78 is 1.79. The van der Waals surface area contributed by atoms with E-state index >= 15 is 0 Å². The van der Waals surface area contributed by atoms with E-state index in [-0.39, 0.29) is 23.9 Å². The number of benzene rings is 1. The van der Waals surface area contributed by atoms with Crippen LogP contribution in [0, 0.1) is 6.92 Å². The Hall–Kier alpha value is -2.97. The minimum Gasteiger partial charge on any atom is -0.331 e. The van der Waals surface area contributed by atoms with Gasteiger partial charge in [-0.15, -0.1) is 0 Å². The van der Waals surface area contributed by atoms with Gasteiger partial charge in [-0.05, 0) is 39.0 Å². The molecule has 1 unspecified atom stereocenters. The van der Waals surface area contributed by atoms with E-state index in [1.54, 1.807) is 45.1 Å². The zero-order chi connectivity index (χ0) is 24.1. The summed E-state index contributed by atoms with van der Waals surface area (Å²) in [6.45, 7) is 7.26. The first-order chi connectivity index (χ1) is 16.2. The fourth-order valence-electron chi connectivity index (χ4n) is 4.65. The second kappa shape index (κ2) is 8.67. The summed E-state index contributed by atoms with van der Waals surface area (Å²) in [6, 6.07) is 4.58. The third-order valence-corrected chi connectivity index (χ3v) is 7.36.